The molecule has 3 fully saturated rings. The number of Topliss-reactive ketones (excluding diaryl/α,β-unsaturated/α-hetero) is 1. The molecule has 0 radical (unpaired) electrons. The van der Waals surface area contributed by atoms with E-state index in [0.717, 1.165) is 51.4 Å². The predicted octanol–water partition coefficient (Wildman–Crippen LogP) is 1.45. The number of ether oxygens (including phenoxy) is 4. The molecule has 6 atom stereocenters. The molecule has 1 heterocycles. The molecular formula is C34H56N2O12. The zero-order valence-corrected chi connectivity index (χ0v) is 28.3. The number of esters is 2. The van der Waals surface area contributed by atoms with Gasteiger partial charge < -0.3 is 44.9 Å². The number of hydrogen-bond donors (Lipinski definition) is 5. The lowest BCUT2D eigenvalue weighted by atomic mass is 9.90. The van der Waals surface area contributed by atoms with Gasteiger partial charge in [0.1, 0.15) is 30.1 Å². The van der Waals surface area contributed by atoms with Crippen LogP contribution >= 0.6 is 0 Å². The molecule has 2 amide bonds. The maximum absolute atomic E-state index is 13.0. The normalized spacial score (nSPS) is 25.9. The number of nitrogens with one attached hydrogen (secondary N) is 2. The van der Waals surface area contributed by atoms with Crippen molar-refractivity contribution in [3.8, 4) is 0 Å². The Morgan fingerprint density at radius 2 is 1.46 bits per heavy atom. The Labute approximate surface area is 283 Å². The number of hydrogen-bond acceptors (Lipinski definition) is 12. The first-order valence-corrected chi connectivity index (χ1v) is 17.7. The van der Waals surface area contributed by atoms with E-state index in [1.54, 1.807) is 0 Å². The average molecular weight is 685 g/mol. The van der Waals surface area contributed by atoms with E-state index in [1.807, 2.05) is 0 Å². The molecular weight excluding hydrogens is 628 g/mol. The van der Waals surface area contributed by atoms with Crippen LogP contribution in [0.1, 0.15) is 103 Å². The molecule has 14 heteroatoms. The fourth-order valence-corrected chi connectivity index (χ4v) is 6.60. The standard InChI is InChI=1S/C34H56N2O12/c1-22(38)36-30-32(43)31(42)27(19-37)48-34(30)45-17-16-35-28(40)14-13-26(39)18-25(33(44)47-21-24-10-6-3-7-11-24)12-15-29(41)46-20-23-8-4-2-5-9-23/h23-25,27,30-32,34,37,42-43H,2-21H2,1H3,(H,35,40)(H,36,38)/t25?,27?,30?,31-,32+,34+/m0/s1. The Kier molecular flexibility index (Phi) is 17.8. The van der Waals surface area contributed by atoms with Gasteiger partial charge in [0.25, 0.3) is 0 Å². The first-order chi connectivity index (χ1) is 23.1. The van der Waals surface area contributed by atoms with Gasteiger partial charge in [0, 0.05) is 39.2 Å². The number of carbonyl (C=O) groups excluding carboxylic acids is 5. The second-order valence-corrected chi connectivity index (χ2v) is 13.5. The summed E-state index contributed by atoms with van der Waals surface area (Å²) in [5.41, 5.74) is 0. The van der Waals surface area contributed by atoms with Crippen molar-refractivity contribution in [3.05, 3.63) is 0 Å². The van der Waals surface area contributed by atoms with E-state index < -0.39 is 61.0 Å². The van der Waals surface area contributed by atoms with Gasteiger partial charge in [0.05, 0.1) is 32.3 Å². The van der Waals surface area contributed by atoms with Crippen molar-refractivity contribution in [1.29, 1.82) is 0 Å². The zero-order valence-electron chi connectivity index (χ0n) is 28.3. The number of amides is 2. The summed E-state index contributed by atoms with van der Waals surface area (Å²) in [5, 5.41) is 35.0. The third-order valence-electron chi connectivity index (χ3n) is 9.48. The van der Waals surface area contributed by atoms with Crippen LogP contribution in [0.5, 0.6) is 0 Å². The molecule has 2 saturated carbocycles. The highest BCUT2D eigenvalue weighted by Gasteiger charge is 2.45. The van der Waals surface area contributed by atoms with Gasteiger partial charge in [0.15, 0.2) is 6.29 Å². The quantitative estimate of drug-likeness (QED) is 0.0968. The molecule has 3 unspecified atom stereocenters. The Morgan fingerprint density at radius 3 is 2.06 bits per heavy atom. The summed E-state index contributed by atoms with van der Waals surface area (Å²) in [6.45, 7) is 1.25. The minimum absolute atomic E-state index is 0.00617. The van der Waals surface area contributed by atoms with Gasteiger partial charge >= 0.3 is 11.9 Å². The molecule has 0 aromatic carbocycles. The van der Waals surface area contributed by atoms with Crippen LogP contribution in [0.15, 0.2) is 0 Å². The van der Waals surface area contributed by atoms with E-state index in [2.05, 4.69) is 10.6 Å². The number of aliphatic hydroxyl groups excluding tert-OH is 3. The summed E-state index contributed by atoms with van der Waals surface area (Å²) >= 11 is 0. The molecule has 2 aliphatic carbocycles. The lowest BCUT2D eigenvalue weighted by Crippen LogP contribution is -2.64. The largest absolute Gasteiger partial charge is 0.465 e. The van der Waals surface area contributed by atoms with E-state index >= 15 is 0 Å². The van der Waals surface area contributed by atoms with Gasteiger partial charge in [-0.1, -0.05) is 38.5 Å². The van der Waals surface area contributed by atoms with Crippen molar-refractivity contribution in [3.63, 3.8) is 0 Å². The van der Waals surface area contributed by atoms with E-state index in [-0.39, 0.29) is 57.0 Å². The van der Waals surface area contributed by atoms with E-state index in [0.29, 0.717) is 25.0 Å². The molecule has 14 nitrogen and oxygen atoms in total. The van der Waals surface area contributed by atoms with Gasteiger partial charge in [-0.15, -0.1) is 0 Å². The Morgan fingerprint density at radius 1 is 0.833 bits per heavy atom. The smallest absolute Gasteiger partial charge is 0.309 e. The van der Waals surface area contributed by atoms with Crippen LogP contribution in [0, 0.1) is 17.8 Å². The van der Waals surface area contributed by atoms with Crippen molar-refractivity contribution in [2.75, 3.05) is 33.0 Å². The topological polar surface area (TPSA) is 207 Å². The summed E-state index contributed by atoms with van der Waals surface area (Å²) in [6, 6.07) is -1.10. The minimum Gasteiger partial charge on any atom is -0.465 e. The van der Waals surface area contributed by atoms with E-state index in [9.17, 15) is 39.3 Å². The maximum atomic E-state index is 13.0. The first kappa shape index (κ1) is 39.8. The molecule has 48 heavy (non-hydrogen) atoms. The van der Waals surface area contributed by atoms with Crippen molar-refractivity contribution >= 4 is 29.5 Å². The molecule has 0 aromatic rings. The number of rotatable bonds is 19. The number of carbonyl (C=O) groups is 5. The van der Waals surface area contributed by atoms with Crippen LogP contribution in [0.25, 0.3) is 0 Å². The van der Waals surface area contributed by atoms with Crippen molar-refractivity contribution in [2.24, 2.45) is 17.8 Å². The third-order valence-corrected chi connectivity index (χ3v) is 9.48. The fourth-order valence-electron chi connectivity index (χ4n) is 6.60. The first-order valence-electron chi connectivity index (χ1n) is 17.7. The average Bonchev–Trinajstić information content (AvgIpc) is 3.09. The highest BCUT2D eigenvalue weighted by molar-refractivity contribution is 5.88. The molecule has 0 aromatic heterocycles. The summed E-state index contributed by atoms with van der Waals surface area (Å²) in [4.78, 5) is 62.4. The molecule has 0 bridgehead atoms. The summed E-state index contributed by atoms with van der Waals surface area (Å²) < 4.78 is 22.2. The second-order valence-electron chi connectivity index (χ2n) is 13.5. The van der Waals surface area contributed by atoms with Gasteiger partial charge in [0.2, 0.25) is 11.8 Å². The SMILES string of the molecule is CC(=O)NC1[C@H](OCCNC(=O)CCC(=O)CC(CCC(=O)OCC2CCCCC2)C(=O)OCC2CCCCC2)OC(CO)[C@H](O)[C@@H]1O. The van der Waals surface area contributed by atoms with E-state index in [1.165, 1.54) is 19.8 Å². The Bertz CT molecular complexity index is 1030. The van der Waals surface area contributed by atoms with Crippen LogP contribution in [0.3, 0.4) is 0 Å². The predicted molar refractivity (Wildman–Crippen MR) is 171 cm³/mol. The Hall–Kier alpha value is -2.65. The number of aliphatic hydroxyl groups is 3. The summed E-state index contributed by atoms with van der Waals surface area (Å²) in [5.74, 6) is -2.23. The molecule has 1 saturated heterocycles. The van der Waals surface area contributed by atoms with Crippen molar-refractivity contribution < 1.29 is 58.2 Å². The van der Waals surface area contributed by atoms with Crippen LogP contribution in [0.2, 0.25) is 0 Å². The van der Waals surface area contributed by atoms with E-state index in [4.69, 9.17) is 18.9 Å². The van der Waals surface area contributed by atoms with Gasteiger partial charge in [-0.25, -0.2) is 0 Å². The van der Waals surface area contributed by atoms with Crippen molar-refractivity contribution in [1.82, 2.24) is 10.6 Å². The molecule has 5 N–H and O–H groups in total. The molecule has 3 rings (SSSR count). The highest BCUT2D eigenvalue weighted by Crippen LogP contribution is 2.26. The molecule has 3 aliphatic rings. The number of ketones is 1. The Balaban J connectivity index is 1.42. The second kappa shape index (κ2) is 21.4. The third kappa shape index (κ3) is 14.1. The lowest BCUT2D eigenvalue weighted by molar-refractivity contribution is -0.269. The molecule has 274 valence electrons. The van der Waals surface area contributed by atoms with Gasteiger partial charge in [-0.05, 0) is 43.9 Å². The van der Waals surface area contributed by atoms with Crippen LogP contribution < -0.4 is 10.6 Å². The van der Waals surface area contributed by atoms with Gasteiger partial charge in [-0.2, -0.15) is 0 Å². The molecule has 1 aliphatic heterocycles. The summed E-state index contributed by atoms with van der Waals surface area (Å²) in [6.07, 6.45) is 5.54. The zero-order chi connectivity index (χ0) is 34.9. The van der Waals surface area contributed by atoms with Crippen LogP contribution in [-0.2, 0) is 42.9 Å². The molecule has 0 spiro atoms. The van der Waals surface area contributed by atoms with Crippen molar-refractivity contribution in [2.45, 2.75) is 134 Å². The van der Waals surface area contributed by atoms with Crippen LogP contribution in [0.4, 0.5) is 0 Å². The van der Waals surface area contributed by atoms with Crippen LogP contribution in [-0.4, -0.2) is 108 Å². The summed E-state index contributed by atoms with van der Waals surface area (Å²) in [7, 11) is 0. The maximum Gasteiger partial charge on any atom is 0.309 e. The highest BCUT2D eigenvalue weighted by atomic mass is 16.7. The monoisotopic (exact) mass is 684 g/mol. The minimum atomic E-state index is -1.45. The lowest BCUT2D eigenvalue weighted by Gasteiger charge is -2.42. The fraction of sp³-hybridized carbons (Fsp3) is 0.853. The van der Waals surface area contributed by atoms with Gasteiger partial charge in [-0.3, -0.25) is 24.0 Å².